The van der Waals surface area contributed by atoms with E-state index < -0.39 is 0 Å². The molecule has 0 unspecified atom stereocenters. The van der Waals surface area contributed by atoms with Crippen LogP contribution in [0.15, 0.2) is 29.3 Å². The molecule has 4 nitrogen and oxygen atoms in total. The predicted octanol–water partition coefficient (Wildman–Crippen LogP) is 2.86. The number of nitrogens with one attached hydrogen (secondary N) is 1. The number of methoxy groups -OCH3 is 1. The summed E-state index contributed by atoms with van der Waals surface area (Å²) in [4.78, 5) is 4.29. The van der Waals surface area contributed by atoms with Crippen LogP contribution < -0.4 is 15.8 Å². The first-order chi connectivity index (χ1) is 8.61. The van der Waals surface area contributed by atoms with Crippen molar-refractivity contribution in [2.45, 2.75) is 26.7 Å². The normalized spacial score (nSPS) is 11.7. The molecule has 0 radical (unpaired) electrons. The van der Waals surface area contributed by atoms with Gasteiger partial charge in [0.2, 0.25) is 0 Å². The third kappa shape index (κ3) is 5.57. The lowest BCUT2D eigenvalue weighted by molar-refractivity contribution is 0.415. The van der Waals surface area contributed by atoms with Crippen LogP contribution >= 0.6 is 0 Å². The van der Waals surface area contributed by atoms with Gasteiger partial charge in [-0.2, -0.15) is 0 Å². The van der Waals surface area contributed by atoms with Crippen LogP contribution in [-0.2, 0) is 0 Å². The Morgan fingerprint density at radius 2 is 2.22 bits per heavy atom. The first-order valence-electron chi connectivity index (χ1n) is 6.33. The van der Waals surface area contributed by atoms with E-state index in [4.69, 9.17) is 10.5 Å². The van der Waals surface area contributed by atoms with E-state index in [-0.39, 0.29) is 0 Å². The number of hydrogen-bond donors (Lipinski definition) is 2. The Morgan fingerprint density at radius 3 is 2.89 bits per heavy atom. The number of rotatable bonds is 6. The van der Waals surface area contributed by atoms with Crippen LogP contribution in [0.25, 0.3) is 0 Å². The minimum absolute atomic E-state index is 0.451. The maximum Gasteiger partial charge on any atom is 0.193 e. The number of nitrogens with zero attached hydrogens (tertiary/aromatic N) is 1. The SMILES string of the molecule is COc1cccc(NC(N)=NCCCC(C)C)c1. The Labute approximate surface area is 109 Å². The fraction of sp³-hybridized carbons (Fsp3) is 0.500. The number of benzene rings is 1. The third-order valence-corrected chi connectivity index (χ3v) is 2.56. The molecule has 1 aromatic carbocycles. The Balaban J connectivity index is 2.42. The highest BCUT2D eigenvalue weighted by Gasteiger charge is 1.97. The van der Waals surface area contributed by atoms with Gasteiger partial charge in [0.15, 0.2) is 5.96 Å². The molecule has 4 heteroatoms. The number of hydrogen-bond acceptors (Lipinski definition) is 2. The van der Waals surface area contributed by atoms with E-state index in [2.05, 4.69) is 24.2 Å². The second-order valence-corrected chi connectivity index (χ2v) is 4.66. The lowest BCUT2D eigenvalue weighted by Gasteiger charge is -2.07. The molecule has 0 bridgehead atoms. The van der Waals surface area contributed by atoms with Gasteiger partial charge >= 0.3 is 0 Å². The highest BCUT2D eigenvalue weighted by atomic mass is 16.5. The summed E-state index contributed by atoms with van der Waals surface area (Å²) in [5, 5.41) is 3.05. The van der Waals surface area contributed by atoms with E-state index in [0.717, 1.165) is 24.4 Å². The molecule has 0 aliphatic carbocycles. The lowest BCUT2D eigenvalue weighted by atomic mass is 10.1. The van der Waals surface area contributed by atoms with Crippen LogP contribution in [0.1, 0.15) is 26.7 Å². The van der Waals surface area contributed by atoms with Gasteiger partial charge in [0, 0.05) is 18.3 Å². The fourth-order valence-corrected chi connectivity index (χ4v) is 1.59. The van der Waals surface area contributed by atoms with Crippen molar-refractivity contribution in [3.8, 4) is 5.75 Å². The lowest BCUT2D eigenvalue weighted by Crippen LogP contribution is -2.22. The summed E-state index contributed by atoms with van der Waals surface area (Å²) in [5.74, 6) is 1.97. The maximum absolute atomic E-state index is 5.81. The van der Waals surface area contributed by atoms with E-state index in [1.165, 1.54) is 6.42 Å². The van der Waals surface area contributed by atoms with Crippen molar-refractivity contribution in [1.29, 1.82) is 0 Å². The van der Waals surface area contributed by atoms with E-state index in [1.807, 2.05) is 24.3 Å². The Hall–Kier alpha value is -1.71. The Kier molecular flexibility index (Phi) is 6.05. The smallest absolute Gasteiger partial charge is 0.193 e. The van der Waals surface area contributed by atoms with Gasteiger partial charge in [-0.15, -0.1) is 0 Å². The van der Waals surface area contributed by atoms with Crippen molar-refractivity contribution in [3.63, 3.8) is 0 Å². The fourth-order valence-electron chi connectivity index (χ4n) is 1.59. The molecule has 100 valence electrons. The molecular weight excluding hydrogens is 226 g/mol. The maximum atomic E-state index is 5.81. The number of guanidine groups is 1. The molecule has 0 aromatic heterocycles. The van der Waals surface area contributed by atoms with Crippen LogP contribution in [-0.4, -0.2) is 19.6 Å². The number of nitrogens with two attached hydrogens (primary N) is 1. The molecule has 0 saturated carbocycles. The van der Waals surface area contributed by atoms with Crippen LogP contribution in [0.3, 0.4) is 0 Å². The van der Waals surface area contributed by atoms with Gasteiger partial charge in [0.1, 0.15) is 5.75 Å². The number of aliphatic imine (C=N–C) groups is 1. The van der Waals surface area contributed by atoms with Gasteiger partial charge in [-0.25, -0.2) is 0 Å². The van der Waals surface area contributed by atoms with E-state index in [0.29, 0.717) is 11.9 Å². The summed E-state index contributed by atoms with van der Waals surface area (Å²) in [6, 6.07) is 7.61. The van der Waals surface area contributed by atoms with Crippen molar-refractivity contribution in [1.82, 2.24) is 0 Å². The molecule has 18 heavy (non-hydrogen) atoms. The number of ether oxygens (including phenoxy) is 1. The summed E-state index contributed by atoms with van der Waals surface area (Å²) in [5.41, 5.74) is 6.70. The predicted molar refractivity (Wildman–Crippen MR) is 77.2 cm³/mol. The standard InChI is InChI=1S/C14H23N3O/c1-11(2)6-5-9-16-14(15)17-12-7-4-8-13(10-12)18-3/h4,7-8,10-11H,5-6,9H2,1-3H3,(H3,15,16,17). The molecular formula is C14H23N3O. The van der Waals surface area contributed by atoms with Gasteiger partial charge < -0.3 is 15.8 Å². The molecule has 1 rings (SSSR count). The average molecular weight is 249 g/mol. The van der Waals surface area contributed by atoms with Crippen LogP contribution in [0.2, 0.25) is 0 Å². The third-order valence-electron chi connectivity index (χ3n) is 2.56. The van der Waals surface area contributed by atoms with E-state index >= 15 is 0 Å². The first-order valence-corrected chi connectivity index (χ1v) is 6.33. The van der Waals surface area contributed by atoms with Gasteiger partial charge in [-0.1, -0.05) is 19.9 Å². The van der Waals surface area contributed by atoms with Crippen molar-refractivity contribution < 1.29 is 4.74 Å². The zero-order valence-electron chi connectivity index (χ0n) is 11.4. The van der Waals surface area contributed by atoms with Gasteiger partial charge in [-0.05, 0) is 30.9 Å². The minimum Gasteiger partial charge on any atom is -0.497 e. The molecule has 0 aliphatic heterocycles. The molecule has 0 heterocycles. The minimum atomic E-state index is 0.451. The second kappa shape index (κ2) is 7.58. The van der Waals surface area contributed by atoms with Crippen molar-refractivity contribution in [2.24, 2.45) is 16.6 Å². The van der Waals surface area contributed by atoms with Crippen molar-refractivity contribution in [3.05, 3.63) is 24.3 Å². The van der Waals surface area contributed by atoms with Crippen LogP contribution in [0.4, 0.5) is 5.69 Å². The molecule has 0 spiro atoms. The number of anilines is 1. The molecule has 0 atom stereocenters. The quantitative estimate of drug-likeness (QED) is 0.463. The molecule has 0 amide bonds. The largest absolute Gasteiger partial charge is 0.497 e. The monoisotopic (exact) mass is 249 g/mol. The summed E-state index contributed by atoms with van der Waals surface area (Å²) in [6.07, 6.45) is 2.24. The summed E-state index contributed by atoms with van der Waals surface area (Å²) in [6.45, 7) is 5.18. The van der Waals surface area contributed by atoms with Crippen molar-refractivity contribution >= 4 is 11.6 Å². The van der Waals surface area contributed by atoms with Crippen LogP contribution in [0.5, 0.6) is 5.75 Å². The molecule has 0 fully saturated rings. The molecule has 0 saturated heterocycles. The average Bonchev–Trinajstić information content (AvgIpc) is 2.34. The van der Waals surface area contributed by atoms with Crippen molar-refractivity contribution in [2.75, 3.05) is 19.0 Å². The van der Waals surface area contributed by atoms with E-state index in [1.54, 1.807) is 7.11 Å². The van der Waals surface area contributed by atoms with Gasteiger partial charge in [0.25, 0.3) is 0 Å². The summed E-state index contributed by atoms with van der Waals surface area (Å²) in [7, 11) is 1.64. The Bertz CT molecular complexity index is 388. The highest BCUT2D eigenvalue weighted by molar-refractivity contribution is 5.92. The van der Waals surface area contributed by atoms with Gasteiger partial charge in [0.05, 0.1) is 7.11 Å². The molecule has 0 aliphatic rings. The zero-order valence-corrected chi connectivity index (χ0v) is 11.4. The topological polar surface area (TPSA) is 59.6 Å². The van der Waals surface area contributed by atoms with Gasteiger partial charge in [-0.3, -0.25) is 4.99 Å². The second-order valence-electron chi connectivity index (χ2n) is 4.66. The molecule has 1 aromatic rings. The van der Waals surface area contributed by atoms with Crippen LogP contribution in [0, 0.1) is 5.92 Å². The molecule has 3 N–H and O–H groups in total. The van der Waals surface area contributed by atoms with E-state index in [9.17, 15) is 0 Å². The Morgan fingerprint density at radius 1 is 1.44 bits per heavy atom. The summed E-state index contributed by atoms with van der Waals surface area (Å²) >= 11 is 0. The zero-order chi connectivity index (χ0) is 13.4. The first kappa shape index (κ1) is 14.4. The highest BCUT2D eigenvalue weighted by Crippen LogP contribution is 2.16. The summed E-state index contributed by atoms with van der Waals surface area (Å²) < 4.78 is 5.14.